The normalized spacial score (nSPS) is 13.5. The van der Waals surface area contributed by atoms with Gasteiger partial charge in [0, 0.05) is 35.6 Å². The van der Waals surface area contributed by atoms with Crippen LogP contribution in [0.4, 0.5) is 0 Å². The van der Waals surface area contributed by atoms with Crippen molar-refractivity contribution in [3.8, 4) is 11.1 Å². The summed E-state index contributed by atoms with van der Waals surface area (Å²) in [6, 6.07) is 14.1. The van der Waals surface area contributed by atoms with Crippen molar-refractivity contribution in [2.75, 3.05) is 7.05 Å². The van der Waals surface area contributed by atoms with E-state index >= 15 is 0 Å². The van der Waals surface area contributed by atoms with Crippen LogP contribution in [-0.2, 0) is 13.6 Å². The molecular weight excluding hydrogens is 339 g/mol. The lowest BCUT2D eigenvalue weighted by atomic mass is 9.94. The van der Waals surface area contributed by atoms with Crippen LogP contribution in [0, 0.1) is 0 Å². The van der Waals surface area contributed by atoms with Gasteiger partial charge in [-0.25, -0.2) is 4.58 Å². The number of rotatable bonds is 1. The first-order valence-corrected chi connectivity index (χ1v) is 8.58. The average molecular weight is 356 g/mol. The van der Waals surface area contributed by atoms with E-state index in [9.17, 15) is 0 Å². The maximum absolute atomic E-state index is 6.51. The fourth-order valence-electron chi connectivity index (χ4n) is 3.50. The highest BCUT2D eigenvalue weighted by Gasteiger charge is 2.28. The van der Waals surface area contributed by atoms with Gasteiger partial charge in [-0.2, -0.15) is 0 Å². The van der Waals surface area contributed by atoms with Gasteiger partial charge in [0.1, 0.15) is 7.05 Å². The maximum atomic E-state index is 6.51. The lowest BCUT2D eigenvalue weighted by Crippen LogP contribution is -2.19. The molecule has 4 rings (SSSR count). The summed E-state index contributed by atoms with van der Waals surface area (Å²) in [5, 5.41) is 1.48. The minimum atomic E-state index is 0.728. The van der Waals surface area contributed by atoms with Crippen molar-refractivity contribution in [1.82, 2.24) is 4.57 Å². The molecule has 0 saturated heterocycles. The predicted molar refractivity (Wildman–Crippen MR) is 100 cm³/mol. The Kier molecular flexibility index (Phi) is 3.75. The molecule has 0 atom stereocenters. The lowest BCUT2D eigenvalue weighted by Gasteiger charge is -2.10. The molecule has 0 aliphatic carbocycles. The van der Waals surface area contributed by atoms with Crippen LogP contribution in [0.3, 0.4) is 0 Å². The molecule has 1 aromatic heterocycles. The van der Waals surface area contributed by atoms with Gasteiger partial charge < -0.3 is 4.57 Å². The molecule has 120 valence electrons. The molecule has 0 bridgehead atoms. The summed E-state index contributed by atoms with van der Waals surface area (Å²) < 4.78 is 4.36. The van der Waals surface area contributed by atoms with Gasteiger partial charge in [0.15, 0.2) is 6.54 Å². The zero-order chi connectivity index (χ0) is 16.8. The van der Waals surface area contributed by atoms with E-state index in [0.29, 0.717) is 0 Å². The first kappa shape index (κ1) is 15.5. The molecule has 0 amide bonds. The quantitative estimate of drug-likeness (QED) is 0.543. The molecule has 24 heavy (non-hydrogen) atoms. The minimum absolute atomic E-state index is 0.728. The summed E-state index contributed by atoms with van der Waals surface area (Å²) in [7, 11) is 4.16. The van der Waals surface area contributed by atoms with Crippen LogP contribution < -0.4 is 0 Å². The summed E-state index contributed by atoms with van der Waals surface area (Å²) in [6.07, 6.45) is 4.35. The molecule has 0 saturated carbocycles. The number of benzene rings is 2. The summed E-state index contributed by atoms with van der Waals surface area (Å²) in [5.41, 5.74) is 6.98. The molecule has 0 unspecified atom stereocenters. The molecule has 4 heteroatoms. The Balaban J connectivity index is 2.07. The van der Waals surface area contributed by atoms with Gasteiger partial charge in [-0.05, 0) is 29.8 Å². The molecule has 1 aliphatic heterocycles. The van der Waals surface area contributed by atoms with Crippen LogP contribution in [0.1, 0.15) is 16.7 Å². The number of hydrogen-bond donors (Lipinski definition) is 0. The van der Waals surface area contributed by atoms with Crippen LogP contribution in [0.2, 0.25) is 10.0 Å². The van der Waals surface area contributed by atoms with Crippen LogP contribution in [0.25, 0.3) is 11.1 Å². The Morgan fingerprint density at radius 2 is 1.71 bits per heavy atom. The fourth-order valence-corrected chi connectivity index (χ4v) is 3.90. The Hall–Kier alpha value is -2.03. The van der Waals surface area contributed by atoms with Crippen LogP contribution >= 0.6 is 23.2 Å². The number of hydrogen-bond acceptors (Lipinski definition) is 0. The average Bonchev–Trinajstić information content (AvgIpc) is 2.85. The third kappa shape index (κ3) is 2.47. The minimum Gasteiger partial charge on any atom is -0.356 e. The zero-order valence-corrected chi connectivity index (χ0v) is 15.1. The van der Waals surface area contributed by atoms with E-state index in [1.165, 1.54) is 16.7 Å². The van der Waals surface area contributed by atoms with Gasteiger partial charge in [-0.1, -0.05) is 41.4 Å². The van der Waals surface area contributed by atoms with Crippen molar-refractivity contribution in [3.05, 3.63) is 81.6 Å². The van der Waals surface area contributed by atoms with Gasteiger partial charge >= 0.3 is 0 Å². The molecule has 0 spiro atoms. The van der Waals surface area contributed by atoms with E-state index in [1.807, 2.05) is 30.3 Å². The van der Waals surface area contributed by atoms with Crippen molar-refractivity contribution in [1.29, 1.82) is 0 Å². The first-order valence-electron chi connectivity index (χ1n) is 7.82. The number of aryl methyl sites for hydroxylation is 1. The third-order valence-electron chi connectivity index (χ3n) is 4.48. The number of aromatic nitrogens is 1. The molecule has 0 radical (unpaired) electrons. The highest BCUT2D eigenvalue weighted by atomic mass is 35.5. The van der Waals surface area contributed by atoms with Crippen LogP contribution in [0.15, 0.2) is 54.9 Å². The standard InChI is InChI=1S/C20H17Cl2N2/c1-23-10-13-11-24(2)20(16-5-3-4-6-19(16)22)17-9-14(21)7-8-15(17)18(13)12-23/h3-10,12H,11H2,1-2H3/q+1. The molecule has 3 aromatic rings. The number of halogens is 2. The second kappa shape index (κ2) is 5.80. The van der Waals surface area contributed by atoms with E-state index in [-0.39, 0.29) is 0 Å². The second-order valence-corrected chi connectivity index (χ2v) is 7.08. The molecule has 0 N–H and O–H groups in total. The zero-order valence-electron chi connectivity index (χ0n) is 13.6. The smallest absolute Gasteiger partial charge is 0.216 e. The van der Waals surface area contributed by atoms with Crippen LogP contribution in [-0.4, -0.2) is 21.9 Å². The van der Waals surface area contributed by atoms with Crippen LogP contribution in [0.5, 0.6) is 0 Å². The molecule has 2 nitrogen and oxygen atoms in total. The molecule has 2 aromatic carbocycles. The molecule has 1 aliphatic rings. The van der Waals surface area contributed by atoms with E-state index in [1.54, 1.807) is 0 Å². The second-order valence-electron chi connectivity index (χ2n) is 6.24. The third-order valence-corrected chi connectivity index (χ3v) is 5.05. The lowest BCUT2D eigenvalue weighted by molar-refractivity contribution is -0.512. The van der Waals surface area contributed by atoms with Gasteiger partial charge in [0.05, 0.1) is 16.1 Å². The molecule has 2 heterocycles. The van der Waals surface area contributed by atoms with E-state index in [4.69, 9.17) is 23.2 Å². The van der Waals surface area contributed by atoms with Crippen molar-refractivity contribution in [2.24, 2.45) is 7.05 Å². The largest absolute Gasteiger partial charge is 0.356 e. The van der Waals surface area contributed by atoms with E-state index < -0.39 is 0 Å². The topological polar surface area (TPSA) is 7.94 Å². The summed E-state index contributed by atoms with van der Waals surface area (Å²) in [4.78, 5) is 0. The van der Waals surface area contributed by atoms with Crippen molar-refractivity contribution in [2.45, 2.75) is 6.54 Å². The fraction of sp³-hybridized carbons (Fsp3) is 0.150. The van der Waals surface area contributed by atoms with E-state index in [2.05, 4.69) is 47.8 Å². The highest BCUT2D eigenvalue weighted by Crippen LogP contribution is 2.35. The van der Waals surface area contributed by atoms with Gasteiger partial charge in [-0.3, -0.25) is 0 Å². The molecular formula is C20H17Cl2N2+. The Morgan fingerprint density at radius 3 is 2.50 bits per heavy atom. The number of fused-ring (bicyclic) bond motifs is 3. The van der Waals surface area contributed by atoms with Crippen molar-refractivity contribution >= 4 is 28.9 Å². The predicted octanol–water partition coefficient (Wildman–Crippen LogP) is 4.99. The van der Waals surface area contributed by atoms with Gasteiger partial charge in [-0.15, -0.1) is 0 Å². The Bertz CT molecular complexity index is 983. The van der Waals surface area contributed by atoms with Gasteiger partial charge in [0.2, 0.25) is 5.71 Å². The summed E-state index contributed by atoms with van der Waals surface area (Å²) >= 11 is 12.8. The summed E-state index contributed by atoms with van der Waals surface area (Å²) in [5.74, 6) is 0. The monoisotopic (exact) mass is 355 g/mol. The Labute approximate surface area is 151 Å². The summed E-state index contributed by atoms with van der Waals surface area (Å²) in [6.45, 7) is 0.822. The molecule has 0 fully saturated rings. The highest BCUT2D eigenvalue weighted by molar-refractivity contribution is 6.36. The maximum Gasteiger partial charge on any atom is 0.216 e. The van der Waals surface area contributed by atoms with E-state index in [0.717, 1.165) is 33.4 Å². The SMILES string of the molecule is Cn1cc2c(c1)-c1ccc(Cl)cc1C(c1ccccc1Cl)=[N+](C)C2. The van der Waals surface area contributed by atoms with Crippen molar-refractivity contribution < 1.29 is 4.58 Å². The first-order chi connectivity index (χ1) is 11.5. The number of nitrogens with zero attached hydrogens (tertiary/aromatic N) is 2. The Morgan fingerprint density at radius 1 is 0.917 bits per heavy atom. The van der Waals surface area contributed by atoms with Crippen molar-refractivity contribution in [3.63, 3.8) is 0 Å². The van der Waals surface area contributed by atoms with Gasteiger partial charge in [0.25, 0.3) is 0 Å².